The van der Waals surface area contributed by atoms with Crippen molar-refractivity contribution in [2.24, 2.45) is 0 Å². The van der Waals surface area contributed by atoms with Gasteiger partial charge in [-0.3, -0.25) is 0 Å². The molecule has 0 heterocycles. The van der Waals surface area contributed by atoms with Gasteiger partial charge >= 0.3 is 0 Å². The summed E-state index contributed by atoms with van der Waals surface area (Å²) in [5.74, 6) is 0. The second-order valence-corrected chi connectivity index (χ2v) is 3.70. The summed E-state index contributed by atoms with van der Waals surface area (Å²) in [6.07, 6.45) is 3.75. The van der Waals surface area contributed by atoms with Crippen molar-refractivity contribution in [3.05, 3.63) is 0 Å². The van der Waals surface area contributed by atoms with Crippen LogP contribution >= 0.6 is 27.5 Å². The molecule has 0 aromatic heterocycles. The van der Waals surface area contributed by atoms with E-state index in [1.165, 1.54) is 19.3 Å². The second kappa shape index (κ2) is 2.36. The first-order valence-corrected chi connectivity index (χ1v) is 3.94. The average molecular weight is 183 g/mol. The van der Waals surface area contributed by atoms with Crippen molar-refractivity contribution >= 4 is 27.5 Å². The fraction of sp³-hybridized carbons (Fsp3) is 1.00. The maximum Gasteiger partial charge on any atom is 0.0461 e. The van der Waals surface area contributed by atoms with Crippen LogP contribution in [0.1, 0.15) is 19.3 Å². The molecule has 2 atom stereocenters. The van der Waals surface area contributed by atoms with E-state index in [0.717, 1.165) is 0 Å². The molecule has 0 bridgehead atoms. The van der Waals surface area contributed by atoms with Gasteiger partial charge in [0.2, 0.25) is 0 Å². The Bertz CT molecular complexity index is 57.1. The zero-order valence-corrected chi connectivity index (χ0v) is 6.37. The lowest BCUT2D eigenvalue weighted by Gasteiger charge is -2.00. The topological polar surface area (TPSA) is 0 Å². The van der Waals surface area contributed by atoms with Crippen molar-refractivity contribution in [3.63, 3.8) is 0 Å². The Balaban J connectivity index is 2.33. The fourth-order valence-electron chi connectivity index (χ4n) is 0.870. The maximum atomic E-state index is 5.82. The summed E-state index contributed by atoms with van der Waals surface area (Å²) >= 11 is 9.29. The second-order valence-electron chi connectivity index (χ2n) is 1.96. The molecular weight excluding hydrogens is 175 g/mol. The highest BCUT2D eigenvalue weighted by Crippen LogP contribution is 2.29. The van der Waals surface area contributed by atoms with Gasteiger partial charge in [-0.25, -0.2) is 0 Å². The Morgan fingerprint density at radius 1 is 1.43 bits per heavy atom. The third-order valence-corrected chi connectivity index (χ3v) is 3.28. The molecule has 0 spiro atoms. The Kier molecular flexibility index (Phi) is 1.99. The minimum Gasteiger partial charge on any atom is -0.122 e. The van der Waals surface area contributed by atoms with Crippen LogP contribution in [0, 0.1) is 0 Å². The van der Waals surface area contributed by atoms with Crippen molar-refractivity contribution in [2.75, 3.05) is 0 Å². The summed E-state index contributed by atoms with van der Waals surface area (Å²) in [5.41, 5.74) is 0. The summed E-state index contributed by atoms with van der Waals surface area (Å²) in [4.78, 5) is 0.592. The van der Waals surface area contributed by atoms with E-state index in [2.05, 4.69) is 15.9 Å². The van der Waals surface area contributed by atoms with Crippen molar-refractivity contribution < 1.29 is 0 Å². The highest BCUT2D eigenvalue weighted by atomic mass is 79.9. The molecule has 0 aliphatic heterocycles. The van der Waals surface area contributed by atoms with Gasteiger partial charge in [0.15, 0.2) is 0 Å². The molecule has 0 aromatic carbocycles. The van der Waals surface area contributed by atoms with Gasteiger partial charge in [0, 0.05) is 10.2 Å². The van der Waals surface area contributed by atoms with Crippen LogP contribution in [0.15, 0.2) is 0 Å². The van der Waals surface area contributed by atoms with E-state index in [-0.39, 0.29) is 0 Å². The van der Waals surface area contributed by atoms with E-state index in [9.17, 15) is 0 Å². The monoisotopic (exact) mass is 182 g/mol. The molecular formula is C5H8BrCl. The number of hydrogen-bond acceptors (Lipinski definition) is 0. The molecule has 0 unspecified atom stereocenters. The standard InChI is InChI=1S/C5H8BrCl/c6-4-2-1-3-5(4)7/h4-5H,1-3H2/t4-,5+/m0/s1. The molecule has 0 aromatic rings. The highest BCUT2D eigenvalue weighted by molar-refractivity contribution is 9.09. The first-order chi connectivity index (χ1) is 3.30. The first kappa shape index (κ1) is 5.90. The number of hydrogen-bond donors (Lipinski definition) is 0. The molecule has 42 valence electrons. The molecule has 1 saturated carbocycles. The van der Waals surface area contributed by atoms with Gasteiger partial charge in [-0.2, -0.15) is 0 Å². The largest absolute Gasteiger partial charge is 0.122 e. The first-order valence-electron chi connectivity index (χ1n) is 2.59. The lowest BCUT2D eigenvalue weighted by molar-refractivity contribution is 0.889. The van der Waals surface area contributed by atoms with E-state index < -0.39 is 0 Å². The summed E-state index contributed by atoms with van der Waals surface area (Å²) in [6.45, 7) is 0. The van der Waals surface area contributed by atoms with Gasteiger partial charge in [-0.05, 0) is 12.8 Å². The zero-order chi connectivity index (χ0) is 5.28. The molecule has 1 rings (SSSR count). The van der Waals surface area contributed by atoms with Crippen LogP contribution in [0.4, 0.5) is 0 Å². The molecule has 0 N–H and O–H groups in total. The number of alkyl halides is 2. The average Bonchev–Trinajstić information content (AvgIpc) is 1.91. The van der Waals surface area contributed by atoms with Gasteiger partial charge in [-0.15, -0.1) is 11.6 Å². The molecule has 1 aliphatic rings. The third kappa shape index (κ3) is 1.33. The van der Waals surface area contributed by atoms with Gasteiger partial charge < -0.3 is 0 Å². The smallest absolute Gasteiger partial charge is 0.0461 e. The Morgan fingerprint density at radius 3 is 2.29 bits per heavy atom. The van der Waals surface area contributed by atoms with Gasteiger partial charge in [-0.1, -0.05) is 22.4 Å². The van der Waals surface area contributed by atoms with Crippen molar-refractivity contribution in [1.82, 2.24) is 0 Å². The van der Waals surface area contributed by atoms with E-state index >= 15 is 0 Å². The van der Waals surface area contributed by atoms with E-state index in [4.69, 9.17) is 11.6 Å². The molecule has 7 heavy (non-hydrogen) atoms. The van der Waals surface area contributed by atoms with Crippen LogP contribution in [-0.2, 0) is 0 Å². The summed E-state index contributed by atoms with van der Waals surface area (Å²) < 4.78 is 0. The minimum atomic E-state index is 0.403. The number of rotatable bonds is 0. The fourth-order valence-corrected chi connectivity index (χ4v) is 1.74. The van der Waals surface area contributed by atoms with Crippen molar-refractivity contribution in [3.8, 4) is 0 Å². The summed E-state index contributed by atoms with van der Waals surface area (Å²) in [7, 11) is 0. The van der Waals surface area contributed by atoms with Crippen molar-refractivity contribution in [1.29, 1.82) is 0 Å². The molecule has 0 radical (unpaired) electrons. The van der Waals surface area contributed by atoms with Crippen LogP contribution in [-0.4, -0.2) is 10.2 Å². The van der Waals surface area contributed by atoms with Crippen LogP contribution < -0.4 is 0 Å². The van der Waals surface area contributed by atoms with E-state index in [1.807, 2.05) is 0 Å². The minimum absolute atomic E-state index is 0.403. The molecule has 0 nitrogen and oxygen atoms in total. The Morgan fingerprint density at radius 2 is 2.14 bits per heavy atom. The third-order valence-electron chi connectivity index (χ3n) is 1.35. The lowest BCUT2D eigenvalue weighted by Crippen LogP contribution is -2.02. The molecule has 1 fully saturated rings. The lowest BCUT2D eigenvalue weighted by atomic mass is 10.4. The molecule has 0 amide bonds. The highest BCUT2D eigenvalue weighted by Gasteiger charge is 2.21. The van der Waals surface area contributed by atoms with Gasteiger partial charge in [0.05, 0.1) is 0 Å². The van der Waals surface area contributed by atoms with Gasteiger partial charge in [0.25, 0.3) is 0 Å². The Hall–Kier alpha value is 0.770. The molecule has 0 saturated heterocycles. The van der Waals surface area contributed by atoms with Gasteiger partial charge in [0.1, 0.15) is 0 Å². The normalized spacial score (nSPS) is 42.0. The van der Waals surface area contributed by atoms with Crippen LogP contribution in [0.3, 0.4) is 0 Å². The quantitative estimate of drug-likeness (QED) is 0.506. The summed E-state index contributed by atoms with van der Waals surface area (Å²) in [6, 6.07) is 0. The van der Waals surface area contributed by atoms with Crippen LogP contribution in [0.5, 0.6) is 0 Å². The SMILES string of the molecule is Cl[C@@H]1CCC[C@@H]1Br. The maximum absolute atomic E-state index is 5.82. The predicted octanol–water partition coefficient (Wildman–Crippen LogP) is 2.54. The summed E-state index contributed by atoms with van der Waals surface area (Å²) in [5, 5.41) is 0.403. The number of halogens is 2. The van der Waals surface area contributed by atoms with E-state index in [0.29, 0.717) is 10.2 Å². The van der Waals surface area contributed by atoms with Crippen molar-refractivity contribution in [2.45, 2.75) is 29.5 Å². The zero-order valence-electron chi connectivity index (χ0n) is 4.03. The molecule has 2 heteroatoms. The van der Waals surface area contributed by atoms with E-state index in [1.54, 1.807) is 0 Å². The molecule has 1 aliphatic carbocycles. The predicted molar refractivity (Wildman–Crippen MR) is 36.2 cm³/mol. The van der Waals surface area contributed by atoms with Crippen LogP contribution in [0.2, 0.25) is 0 Å². The Labute approximate surface area is 57.4 Å². The van der Waals surface area contributed by atoms with Crippen LogP contribution in [0.25, 0.3) is 0 Å².